The molecule has 6 nitrogen and oxygen atoms in total. The average molecular weight is 294 g/mol. The first-order chi connectivity index (χ1) is 10.0. The van der Waals surface area contributed by atoms with E-state index < -0.39 is 29.4 Å². The third kappa shape index (κ3) is 2.22. The predicted octanol–water partition coefficient (Wildman–Crippen LogP) is 1.58. The minimum Gasteiger partial charge on any atom is -0.444 e. The van der Waals surface area contributed by atoms with Crippen LogP contribution in [0.5, 0.6) is 0 Å². The van der Waals surface area contributed by atoms with Crippen molar-refractivity contribution >= 4 is 6.09 Å². The number of halogens is 2. The molecular weight excluding hydrogens is 282 g/mol. The molecule has 1 aliphatic rings. The molecule has 1 fully saturated rings. The quantitative estimate of drug-likeness (QED) is 0.933. The van der Waals surface area contributed by atoms with Crippen molar-refractivity contribution in [2.75, 3.05) is 0 Å². The van der Waals surface area contributed by atoms with Gasteiger partial charge in [-0.3, -0.25) is 4.68 Å². The van der Waals surface area contributed by atoms with Crippen LogP contribution in [0.1, 0.15) is 12.5 Å². The van der Waals surface area contributed by atoms with Crippen molar-refractivity contribution in [3.8, 4) is 0 Å². The fourth-order valence-corrected chi connectivity index (χ4v) is 2.54. The molecule has 8 heteroatoms. The second kappa shape index (κ2) is 4.80. The van der Waals surface area contributed by atoms with Gasteiger partial charge in [-0.25, -0.2) is 18.6 Å². The number of nitrogens with one attached hydrogen (secondary N) is 1. The molecule has 110 valence electrons. The van der Waals surface area contributed by atoms with Crippen LogP contribution in [-0.2, 0) is 16.8 Å². The molecule has 21 heavy (non-hydrogen) atoms. The zero-order chi connectivity index (χ0) is 15.0. The maximum absolute atomic E-state index is 14.2. The maximum Gasteiger partial charge on any atom is 0.408 e. The number of rotatable bonds is 3. The number of nitrogens with zero attached hydrogens (tertiary/aromatic N) is 3. The number of amides is 1. The molecule has 0 radical (unpaired) electrons. The van der Waals surface area contributed by atoms with E-state index in [9.17, 15) is 13.6 Å². The molecule has 1 N–H and O–H groups in total. The molecule has 0 unspecified atom stereocenters. The van der Waals surface area contributed by atoms with E-state index in [0.29, 0.717) is 0 Å². The number of hydrogen-bond donors (Lipinski definition) is 1. The van der Waals surface area contributed by atoms with Crippen molar-refractivity contribution < 1.29 is 18.3 Å². The van der Waals surface area contributed by atoms with Crippen LogP contribution in [0.2, 0.25) is 0 Å². The van der Waals surface area contributed by atoms with E-state index in [1.54, 1.807) is 6.92 Å². The highest BCUT2D eigenvalue weighted by Crippen LogP contribution is 2.35. The van der Waals surface area contributed by atoms with Crippen LogP contribution in [-0.4, -0.2) is 27.0 Å². The number of carbonyl (C=O) groups excluding carboxylic acids is 1. The molecule has 1 amide bonds. The van der Waals surface area contributed by atoms with Gasteiger partial charge in [0.1, 0.15) is 35.9 Å². The minimum atomic E-state index is -1.18. The van der Waals surface area contributed by atoms with Gasteiger partial charge in [0.15, 0.2) is 0 Å². The molecule has 0 bridgehead atoms. The minimum absolute atomic E-state index is 0.114. The fraction of sp³-hybridized carbons (Fsp3) is 0.308. The van der Waals surface area contributed by atoms with Crippen molar-refractivity contribution in [1.29, 1.82) is 0 Å². The zero-order valence-corrected chi connectivity index (χ0v) is 11.1. The summed E-state index contributed by atoms with van der Waals surface area (Å²) in [6.45, 7) is 1.75. The lowest BCUT2D eigenvalue weighted by atomic mass is 9.85. The summed E-state index contributed by atoms with van der Waals surface area (Å²) in [6, 6.07) is 3.21. The fourth-order valence-electron chi connectivity index (χ4n) is 2.54. The molecule has 2 heterocycles. The first kappa shape index (κ1) is 13.5. The van der Waals surface area contributed by atoms with Crippen LogP contribution in [0, 0.1) is 11.6 Å². The lowest BCUT2D eigenvalue weighted by molar-refractivity contribution is 0.109. The highest BCUT2D eigenvalue weighted by Gasteiger charge is 2.49. The SMILES string of the molecule is C[C@H]1OC(=O)N[C@@]1(Cn1cncn1)c1ccc(F)cc1F. The number of aromatic nitrogens is 3. The first-order valence-electron chi connectivity index (χ1n) is 6.28. The highest BCUT2D eigenvalue weighted by molar-refractivity contribution is 5.72. The Balaban J connectivity index is 2.10. The van der Waals surface area contributed by atoms with Gasteiger partial charge in [-0.05, 0) is 13.0 Å². The van der Waals surface area contributed by atoms with E-state index in [2.05, 4.69) is 15.4 Å². The van der Waals surface area contributed by atoms with Gasteiger partial charge in [-0.2, -0.15) is 5.10 Å². The number of cyclic esters (lactones) is 1. The van der Waals surface area contributed by atoms with Crippen molar-refractivity contribution in [3.63, 3.8) is 0 Å². The van der Waals surface area contributed by atoms with Crippen LogP contribution in [0.25, 0.3) is 0 Å². The van der Waals surface area contributed by atoms with Gasteiger partial charge in [0.2, 0.25) is 0 Å². The van der Waals surface area contributed by atoms with Crippen LogP contribution in [0.4, 0.5) is 13.6 Å². The lowest BCUT2D eigenvalue weighted by Crippen LogP contribution is -2.48. The molecule has 2 atom stereocenters. The number of benzene rings is 1. The van der Waals surface area contributed by atoms with Crippen molar-refractivity contribution in [2.24, 2.45) is 0 Å². The summed E-state index contributed by atoms with van der Waals surface area (Å²) in [5.74, 6) is -1.45. The third-order valence-corrected chi connectivity index (χ3v) is 3.59. The Kier molecular flexibility index (Phi) is 3.08. The predicted molar refractivity (Wildman–Crippen MR) is 67.1 cm³/mol. The molecule has 3 rings (SSSR count). The molecule has 1 aliphatic heterocycles. The van der Waals surface area contributed by atoms with Gasteiger partial charge in [-0.15, -0.1) is 0 Å². The molecule has 1 aromatic carbocycles. The highest BCUT2D eigenvalue weighted by atomic mass is 19.1. The molecule has 0 saturated carbocycles. The first-order valence-corrected chi connectivity index (χ1v) is 6.28. The van der Waals surface area contributed by atoms with E-state index in [1.165, 1.54) is 23.4 Å². The number of carbonyl (C=O) groups is 1. The van der Waals surface area contributed by atoms with Gasteiger partial charge < -0.3 is 10.1 Å². The zero-order valence-electron chi connectivity index (χ0n) is 11.1. The van der Waals surface area contributed by atoms with Gasteiger partial charge in [0.25, 0.3) is 0 Å². The summed E-state index contributed by atoms with van der Waals surface area (Å²) in [6.07, 6.45) is 1.46. The molecular formula is C13H12F2N4O2. The Morgan fingerprint density at radius 3 is 2.86 bits per heavy atom. The van der Waals surface area contributed by atoms with Crippen molar-refractivity contribution in [2.45, 2.75) is 25.1 Å². The summed E-state index contributed by atoms with van der Waals surface area (Å²) in [5, 5.41) is 6.58. The van der Waals surface area contributed by atoms with E-state index in [4.69, 9.17) is 4.74 Å². The molecule has 0 aliphatic carbocycles. The number of alkyl carbamates (subject to hydrolysis) is 1. The van der Waals surface area contributed by atoms with Gasteiger partial charge in [-0.1, -0.05) is 6.07 Å². The Labute approximate surface area is 118 Å². The smallest absolute Gasteiger partial charge is 0.408 e. The third-order valence-electron chi connectivity index (χ3n) is 3.59. The topological polar surface area (TPSA) is 69.0 Å². The molecule has 2 aromatic rings. The monoisotopic (exact) mass is 294 g/mol. The Bertz CT molecular complexity index is 677. The summed E-state index contributed by atoms with van der Waals surface area (Å²) >= 11 is 0. The van der Waals surface area contributed by atoms with Crippen LogP contribution in [0.3, 0.4) is 0 Å². The van der Waals surface area contributed by atoms with E-state index >= 15 is 0 Å². The lowest BCUT2D eigenvalue weighted by Gasteiger charge is -2.31. The van der Waals surface area contributed by atoms with Gasteiger partial charge in [0.05, 0.1) is 6.54 Å². The summed E-state index contributed by atoms with van der Waals surface area (Å²) in [7, 11) is 0. The summed E-state index contributed by atoms with van der Waals surface area (Å²) < 4.78 is 33.9. The standard InChI is InChI=1S/C13H12F2N4O2/c1-8-13(18-12(20)21-8,5-19-7-16-6-17-19)10-3-2-9(14)4-11(10)15/h2-4,6-8H,5H2,1H3,(H,18,20)/t8-,13-/m1/s1. The Morgan fingerprint density at radius 2 is 2.29 bits per heavy atom. The average Bonchev–Trinajstić information content (AvgIpc) is 2.99. The number of ether oxygens (including phenoxy) is 1. The largest absolute Gasteiger partial charge is 0.444 e. The van der Waals surface area contributed by atoms with Crippen LogP contribution < -0.4 is 5.32 Å². The van der Waals surface area contributed by atoms with Crippen LogP contribution >= 0.6 is 0 Å². The number of hydrogen-bond acceptors (Lipinski definition) is 4. The summed E-state index contributed by atoms with van der Waals surface area (Å²) in [5.41, 5.74) is -1.04. The second-order valence-electron chi connectivity index (χ2n) is 4.86. The van der Waals surface area contributed by atoms with Crippen molar-refractivity contribution in [3.05, 3.63) is 48.1 Å². The molecule has 1 aromatic heterocycles. The van der Waals surface area contributed by atoms with Gasteiger partial charge >= 0.3 is 6.09 Å². The second-order valence-corrected chi connectivity index (χ2v) is 4.86. The molecule has 0 spiro atoms. The van der Waals surface area contributed by atoms with E-state index in [-0.39, 0.29) is 12.1 Å². The Morgan fingerprint density at radius 1 is 1.48 bits per heavy atom. The van der Waals surface area contributed by atoms with Gasteiger partial charge in [0, 0.05) is 11.6 Å². The normalized spacial score (nSPS) is 24.7. The van der Waals surface area contributed by atoms with E-state index in [1.807, 2.05) is 0 Å². The molecule has 1 saturated heterocycles. The summed E-state index contributed by atoms with van der Waals surface area (Å²) in [4.78, 5) is 15.4. The van der Waals surface area contributed by atoms with Crippen molar-refractivity contribution in [1.82, 2.24) is 20.1 Å². The Hall–Kier alpha value is -2.51. The maximum atomic E-state index is 14.2. The van der Waals surface area contributed by atoms with Crippen LogP contribution in [0.15, 0.2) is 30.9 Å². The van der Waals surface area contributed by atoms with E-state index in [0.717, 1.165) is 12.1 Å².